The number of nitrogens with zero attached hydrogens (tertiary/aromatic N) is 2. The second-order valence-corrected chi connectivity index (χ2v) is 5.97. The van der Waals surface area contributed by atoms with Crippen LogP contribution in [0.3, 0.4) is 0 Å². The molecule has 2 N–H and O–H groups in total. The van der Waals surface area contributed by atoms with Crippen molar-refractivity contribution in [1.82, 2.24) is 9.97 Å². The second-order valence-electron chi connectivity index (χ2n) is 5.97. The molecule has 2 aromatic carbocycles. The topological polar surface area (TPSA) is 68.3 Å². The molecule has 3 aromatic rings. The highest BCUT2D eigenvalue weighted by Gasteiger charge is 2.29. The Bertz CT molecular complexity index is 978. The first-order valence-electron chi connectivity index (χ1n) is 8.40. The van der Waals surface area contributed by atoms with Gasteiger partial charge in [-0.3, -0.25) is 0 Å². The number of hydrogen-bond donors (Lipinski definition) is 2. The molecule has 2 heterocycles. The molecular formula is C19H15F3N4O2. The van der Waals surface area contributed by atoms with Crippen molar-refractivity contribution in [2.24, 2.45) is 0 Å². The van der Waals surface area contributed by atoms with E-state index in [0.717, 1.165) is 17.8 Å². The number of alkyl halides is 3. The van der Waals surface area contributed by atoms with Gasteiger partial charge in [0.15, 0.2) is 11.5 Å². The minimum atomic E-state index is -4.37. The summed E-state index contributed by atoms with van der Waals surface area (Å²) < 4.78 is 49.0. The van der Waals surface area contributed by atoms with Crippen LogP contribution in [0, 0.1) is 0 Å². The Balaban J connectivity index is 1.47. The van der Waals surface area contributed by atoms with Crippen LogP contribution in [0.5, 0.6) is 11.5 Å². The standard InChI is InChI=1S/C19H15F3N4O2/c20-19(21,22)12-1-3-13(4-2-12)25-17-10-18(24-11-23-17)26-14-5-6-15-16(9-14)28-8-7-27-15/h1-6,9-11H,7-8H2,(H2,23,24,25,26). The predicted octanol–water partition coefficient (Wildman–Crippen LogP) is 4.75. The lowest BCUT2D eigenvalue weighted by molar-refractivity contribution is -0.137. The smallest absolute Gasteiger partial charge is 0.416 e. The van der Waals surface area contributed by atoms with E-state index in [1.54, 1.807) is 18.2 Å². The Labute approximate surface area is 158 Å². The Morgan fingerprint density at radius 3 is 2.04 bits per heavy atom. The minimum Gasteiger partial charge on any atom is -0.486 e. The summed E-state index contributed by atoms with van der Waals surface area (Å²) in [5, 5.41) is 6.09. The summed E-state index contributed by atoms with van der Waals surface area (Å²) in [5.41, 5.74) is 0.530. The maximum Gasteiger partial charge on any atom is 0.416 e. The molecule has 28 heavy (non-hydrogen) atoms. The summed E-state index contributed by atoms with van der Waals surface area (Å²) in [4.78, 5) is 8.24. The number of hydrogen-bond acceptors (Lipinski definition) is 6. The van der Waals surface area contributed by atoms with E-state index in [1.165, 1.54) is 18.5 Å². The summed E-state index contributed by atoms with van der Waals surface area (Å²) in [5.74, 6) is 2.29. The van der Waals surface area contributed by atoms with Gasteiger partial charge in [-0.05, 0) is 36.4 Å². The summed E-state index contributed by atoms with van der Waals surface area (Å²) in [6.07, 6.45) is -3.01. The van der Waals surface area contributed by atoms with E-state index >= 15 is 0 Å². The van der Waals surface area contributed by atoms with Gasteiger partial charge in [-0.2, -0.15) is 13.2 Å². The Hall–Kier alpha value is -3.49. The van der Waals surface area contributed by atoms with Crippen LogP contribution in [0.2, 0.25) is 0 Å². The molecule has 0 spiro atoms. The summed E-state index contributed by atoms with van der Waals surface area (Å²) >= 11 is 0. The highest BCUT2D eigenvalue weighted by atomic mass is 19.4. The maximum absolute atomic E-state index is 12.6. The number of ether oxygens (including phenoxy) is 2. The highest BCUT2D eigenvalue weighted by Crippen LogP contribution is 2.34. The Morgan fingerprint density at radius 2 is 1.36 bits per heavy atom. The highest BCUT2D eigenvalue weighted by molar-refractivity contribution is 5.65. The number of fused-ring (bicyclic) bond motifs is 1. The van der Waals surface area contributed by atoms with Crippen LogP contribution in [-0.2, 0) is 6.18 Å². The maximum atomic E-state index is 12.6. The zero-order valence-corrected chi connectivity index (χ0v) is 14.5. The first-order valence-corrected chi connectivity index (χ1v) is 8.40. The molecule has 6 nitrogen and oxygen atoms in total. The molecule has 1 aliphatic rings. The Morgan fingerprint density at radius 1 is 0.750 bits per heavy atom. The van der Waals surface area contributed by atoms with Crippen molar-refractivity contribution in [3.05, 3.63) is 60.4 Å². The molecule has 9 heteroatoms. The lowest BCUT2D eigenvalue weighted by atomic mass is 10.2. The molecule has 0 amide bonds. The van der Waals surface area contributed by atoms with E-state index < -0.39 is 11.7 Å². The molecule has 0 saturated carbocycles. The first kappa shape index (κ1) is 17.9. The van der Waals surface area contributed by atoms with Gasteiger partial charge >= 0.3 is 6.18 Å². The number of aromatic nitrogens is 2. The van der Waals surface area contributed by atoms with Crippen molar-refractivity contribution in [3.63, 3.8) is 0 Å². The van der Waals surface area contributed by atoms with Crippen molar-refractivity contribution >= 4 is 23.0 Å². The van der Waals surface area contributed by atoms with Gasteiger partial charge in [-0.1, -0.05) is 0 Å². The van der Waals surface area contributed by atoms with Gasteiger partial charge in [0.25, 0.3) is 0 Å². The van der Waals surface area contributed by atoms with Crippen LogP contribution in [0.25, 0.3) is 0 Å². The van der Waals surface area contributed by atoms with E-state index in [4.69, 9.17) is 9.47 Å². The van der Waals surface area contributed by atoms with Gasteiger partial charge in [-0.25, -0.2) is 9.97 Å². The lowest BCUT2D eigenvalue weighted by Crippen LogP contribution is -2.15. The average molecular weight is 388 g/mol. The average Bonchev–Trinajstić information content (AvgIpc) is 2.68. The van der Waals surface area contributed by atoms with E-state index in [1.807, 2.05) is 6.07 Å². The van der Waals surface area contributed by atoms with Crippen LogP contribution < -0.4 is 20.1 Å². The van der Waals surface area contributed by atoms with Gasteiger partial charge in [0.2, 0.25) is 0 Å². The molecule has 0 bridgehead atoms. The van der Waals surface area contributed by atoms with E-state index in [9.17, 15) is 13.2 Å². The monoisotopic (exact) mass is 388 g/mol. The summed E-state index contributed by atoms with van der Waals surface area (Å²) in [6, 6.07) is 11.8. The minimum absolute atomic E-state index is 0.440. The molecule has 0 fully saturated rings. The van der Waals surface area contributed by atoms with E-state index in [0.29, 0.717) is 42.0 Å². The molecule has 144 valence electrons. The van der Waals surface area contributed by atoms with Gasteiger partial charge in [-0.15, -0.1) is 0 Å². The number of anilines is 4. The van der Waals surface area contributed by atoms with Crippen molar-refractivity contribution in [2.75, 3.05) is 23.8 Å². The number of nitrogens with one attached hydrogen (secondary N) is 2. The molecule has 0 unspecified atom stereocenters. The zero-order chi connectivity index (χ0) is 19.6. The van der Waals surface area contributed by atoms with E-state index in [2.05, 4.69) is 20.6 Å². The van der Waals surface area contributed by atoms with Crippen LogP contribution in [0.4, 0.5) is 36.2 Å². The van der Waals surface area contributed by atoms with Crippen molar-refractivity contribution < 1.29 is 22.6 Å². The molecule has 0 saturated heterocycles. The predicted molar refractivity (Wildman–Crippen MR) is 97.5 cm³/mol. The third-order valence-corrected chi connectivity index (χ3v) is 3.97. The van der Waals surface area contributed by atoms with Crippen molar-refractivity contribution in [2.45, 2.75) is 6.18 Å². The molecular weight excluding hydrogens is 373 g/mol. The fourth-order valence-corrected chi connectivity index (χ4v) is 2.65. The van der Waals surface area contributed by atoms with Crippen LogP contribution in [0.15, 0.2) is 54.9 Å². The third-order valence-electron chi connectivity index (χ3n) is 3.97. The normalized spacial score (nSPS) is 13.1. The third kappa shape index (κ3) is 4.08. The summed E-state index contributed by atoms with van der Waals surface area (Å²) in [6.45, 7) is 1.01. The zero-order valence-electron chi connectivity index (χ0n) is 14.5. The van der Waals surface area contributed by atoms with Crippen LogP contribution in [0.1, 0.15) is 5.56 Å². The number of halogens is 3. The fraction of sp³-hybridized carbons (Fsp3) is 0.158. The lowest BCUT2D eigenvalue weighted by Gasteiger charge is -2.19. The van der Waals surface area contributed by atoms with Gasteiger partial charge in [0.1, 0.15) is 31.2 Å². The SMILES string of the molecule is FC(F)(F)c1ccc(Nc2cc(Nc3ccc4c(c3)OCCO4)ncn2)cc1. The molecule has 1 aromatic heterocycles. The molecule has 0 atom stereocenters. The van der Waals surface area contributed by atoms with Gasteiger partial charge in [0, 0.05) is 23.5 Å². The van der Waals surface area contributed by atoms with Crippen molar-refractivity contribution in [1.29, 1.82) is 0 Å². The summed E-state index contributed by atoms with van der Waals surface area (Å²) in [7, 11) is 0. The molecule has 1 aliphatic heterocycles. The van der Waals surface area contributed by atoms with E-state index in [-0.39, 0.29) is 0 Å². The number of rotatable bonds is 4. The second kappa shape index (κ2) is 7.26. The first-order chi connectivity index (χ1) is 13.5. The number of benzene rings is 2. The van der Waals surface area contributed by atoms with Crippen LogP contribution >= 0.6 is 0 Å². The molecule has 0 radical (unpaired) electrons. The molecule has 4 rings (SSSR count). The van der Waals surface area contributed by atoms with Gasteiger partial charge in [0.05, 0.1) is 5.56 Å². The quantitative estimate of drug-likeness (QED) is 0.672. The Kier molecular flexibility index (Phi) is 4.64. The molecule has 0 aliphatic carbocycles. The largest absolute Gasteiger partial charge is 0.486 e. The van der Waals surface area contributed by atoms with Crippen molar-refractivity contribution in [3.8, 4) is 11.5 Å². The van der Waals surface area contributed by atoms with Gasteiger partial charge < -0.3 is 20.1 Å². The van der Waals surface area contributed by atoms with Crippen LogP contribution in [-0.4, -0.2) is 23.2 Å². The fourth-order valence-electron chi connectivity index (χ4n) is 2.65.